The van der Waals surface area contributed by atoms with Crippen LogP contribution >= 0.6 is 0 Å². The number of amides is 3. The van der Waals surface area contributed by atoms with E-state index in [0.29, 0.717) is 43.9 Å². The van der Waals surface area contributed by atoms with Crippen molar-refractivity contribution in [1.82, 2.24) is 15.1 Å². The first-order valence-corrected chi connectivity index (χ1v) is 8.58. The van der Waals surface area contributed by atoms with Crippen molar-refractivity contribution in [2.75, 3.05) is 26.2 Å². The van der Waals surface area contributed by atoms with Crippen molar-refractivity contribution >= 4 is 18.2 Å². The van der Waals surface area contributed by atoms with Gasteiger partial charge in [-0.05, 0) is 29.8 Å². The van der Waals surface area contributed by atoms with E-state index in [-0.39, 0.29) is 11.8 Å². The summed E-state index contributed by atoms with van der Waals surface area (Å²) in [7, 11) is 0. The minimum atomic E-state index is -0.174. The molecular weight excluding hydrogens is 330 g/mol. The predicted molar refractivity (Wildman–Crippen MR) is 97.6 cm³/mol. The molecule has 26 heavy (non-hydrogen) atoms. The summed E-state index contributed by atoms with van der Waals surface area (Å²) in [5, 5.41) is 2.87. The lowest BCUT2D eigenvalue weighted by atomic mass is 10.1. The van der Waals surface area contributed by atoms with Gasteiger partial charge in [-0.15, -0.1) is 0 Å². The van der Waals surface area contributed by atoms with Crippen molar-refractivity contribution in [2.24, 2.45) is 0 Å². The van der Waals surface area contributed by atoms with Crippen LogP contribution in [0.3, 0.4) is 0 Å². The Bertz CT molecular complexity index is 767. The van der Waals surface area contributed by atoms with E-state index in [1.165, 1.54) is 0 Å². The second-order valence-electron chi connectivity index (χ2n) is 6.18. The Hall–Kier alpha value is -3.15. The fraction of sp³-hybridized carbons (Fsp3) is 0.250. The van der Waals surface area contributed by atoms with E-state index in [4.69, 9.17) is 0 Å². The number of hydrogen-bond donors (Lipinski definition) is 1. The van der Waals surface area contributed by atoms with Gasteiger partial charge in [0.15, 0.2) is 0 Å². The zero-order valence-corrected chi connectivity index (χ0v) is 14.4. The molecule has 1 fully saturated rings. The molecule has 2 aromatic rings. The maximum absolute atomic E-state index is 12.5. The number of carbonyl (C=O) groups excluding carboxylic acids is 3. The van der Waals surface area contributed by atoms with Crippen LogP contribution in [0.15, 0.2) is 54.6 Å². The van der Waals surface area contributed by atoms with Crippen LogP contribution in [0.1, 0.15) is 26.3 Å². The third-order valence-corrected chi connectivity index (χ3v) is 4.44. The molecule has 0 radical (unpaired) electrons. The fourth-order valence-electron chi connectivity index (χ4n) is 2.86. The second-order valence-corrected chi connectivity index (χ2v) is 6.18. The molecule has 3 amide bonds. The van der Waals surface area contributed by atoms with Crippen molar-refractivity contribution in [2.45, 2.75) is 6.54 Å². The summed E-state index contributed by atoms with van der Waals surface area (Å²) in [4.78, 5) is 38.8. The Morgan fingerprint density at radius 3 is 2.12 bits per heavy atom. The fourth-order valence-corrected chi connectivity index (χ4v) is 2.86. The van der Waals surface area contributed by atoms with Crippen molar-refractivity contribution in [1.29, 1.82) is 0 Å². The van der Waals surface area contributed by atoms with Gasteiger partial charge in [0.2, 0.25) is 6.41 Å². The summed E-state index contributed by atoms with van der Waals surface area (Å²) in [6.07, 6.45) is 0.810. The quantitative estimate of drug-likeness (QED) is 0.831. The lowest BCUT2D eigenvalue weighted by Gasteiger charge is -2.32. The summed E-state index contributed by atoms with van der Waals surface area (Å²) in [6.45, 7) is 2.61. The third-order valence-electron chi connectivity index (χ3n) is 4.44. The monoisotopic (exact) mass is 351 g/mol. The molecule has 0 aliphatic carbocycles. The minimum absolute atomic E-state index is 0.0770. The van der Waals surface area contributed by atoms with Crippen LogP contribution in [-0.2, 0) is 11.3 Å². The van der Waals surface area contributed by atoms with Gasteiger partial charge in [-0.3, -0.25) is 14.4 Å². The van der Waals surface area contributed by atoms with Crippen LogP contribution in [0.2, 0.25) is 0 Å². The van der Waals surface area contributed by atoms with Crippen LogP contribution in [0.5, 0.6) is 0 Å². The van der Waals surface area contributed by atoms with Gasteiger partial charge in [-0.25, -0.2) is 0 Å². The molecule has 2 aromatic carbocycles. The molecule has 1 aliphatic rings. The molecule has 0 atom stereocenters. The first-order valence-electron chi connectivity index (χ1n) is 8.58. The van der Waals surface area contributed by atoms with E-state index >= 15 is 0 Å². The van der Waals surface area contributed by atoms with Crippen LogP contribution in [0, 0.1) is 0 Å². The molecule has 134 valence electrons. The van der Waals surface area contributed by atoms with Gasteiger partial charge in [0.25, 0.3) is 11.8 Å². The Balaban J connectivity index is 1.56. The van der Waals surface area contributed by atoms with E-state index in [2.05, 4.69) is 5.32 Å². The first-order chi connectivity index (χ1) is 12.7. The van der Waals surface area contributed by atoms with Crippen LogP contribution < -0.4 is 5.32 Å². The first kappa shape index (κ1) is 17.7. The van der Waals surface area contributed by atoms with Crippen molar-refractivity contribution in [3.05, 3.63) is 71.3 Å². The van der Waals surface area contributed by atoms with E-state index < -0.39 is 0 Å². The van der Waals surface area contributed by atoms with Crippen molar-refractivity contribution in [3.63, 3.8) is 0 Å². The number of piperazine rings is 1. The van der Waals surface area contributed by atoms with Gasteiger partial charge in [0.05, 0.1) is 0 Å². The normalized spacial score (nSPS) is 14.0. The summed E-state index contributed by atoms with van der Waals surface area (Å²) in [6, 6.07) is 16.4. The Kier molecular flexibility index (Phi) is 5.63. The molecule has 1 saturated heterocycles. The highest BCUT2D eigenvalue weighted by molar-refractivity contribution is 5.97. The lowest BCUT2D eigenvalue weighted by Crippen LogP contribution is -2.48. The summed E-state index contributed by atoms with van der Waals surface area (Å²) in [5.41, 5.74) is 2.09. The summed E-state index contributed by atoms with van der Waals surface area (Å²) >= 11 is 0. The van der Waals surface area contributed by atoms with Crippen molar-refractivity contribution < 1.29 is 14.4 Å². The largest absolute Gasteiger partial charge is 0.348 e. The second kappa shape index (κ2) is 8.29. The van der Waals surface area contributed by atoms with Crippen LogP contribution in [0.4, 0.5) is 0 Å². The van der Waals surface area contributed by atoms with Crippen LogP contribution in [0.25, 0.3) is 0 Å². The summed E-state index contributed by atoms with van der Waals surface area (Å²) < 4.78 is 0. The molecule has 0 aromatic heterocycles. The topological polar surface area (TPSA) is 69.7 Å². The zero-order chi connectivity index (χ0) is 18.4. The average Bonchev–Trinajstić information content (AvgIpc) is 2.72. The average molecular weight is 351 g/mol. The number of rotatable bonds is 5. The summed E-state index contributed by atoms with van der Waals surface area (Å²) in [5.74, 6) is -0.251. The van der Waals surface area contributed by atoms with E-state index in [1.54, 1.807) is 34.1 Å². The molecule has 6 heteroatoms. The molecule has 0 saturated carbocycles. The van der Waals surface area contributed by atoms with Gasteiger partial charge in [0, 0.05) is 43.9 Å². The van der Waals surface area contributed by atoms with Crippen LogP contribution in [-0.4, -0.2) is 54.2 Å². The molecule has 0 unspecified atom stereocenters. The molecule has 1 heterocycles. The third kappa shape index (κ3) is 4.27. The minimum Gasteiger partial charge on any atom is -0.348 e. The number of benzene rings is 2. The standard InChI is InChI=1S/C20H21N3O3/c24-15-22-10-12-23(13-11-22)20(26)18-8-6-17(7-9-18)19(25)21-14-16-4-2-1-3-5-16/h1-9,15H,10-14H2,(H,21,25). The number of hydrogen-bond acceptors (Lipinski definition) is 3. The SMILES string of the molecule is O=CN1CCN(C(=O)c2ccc(C(=O)NCc3ccccc3)cc2)CC1. The van der Waals surface area contributed by atoms with Gasteiger partial charge in [0.1, 0.15) is 0 Å². The molecule has 0 bridgehead atoms. The van der Waals surface area contributed by atoms with Crippen molar-refractivity contribution in [3.8, 4) is 0 Å². The van der Waals surface area contributed by atoms with E-state index in [1.807, 2.05) is 30.3 Å². The van der Waals surface area contributed by atoms with Gasteiger partial charge < -0.3 is 15.1 Å². The highest BCUT2D eigenvalue weighted by atomic mass is 16.2. The molecular formula is C20H21N3O3. The maximum Gasteiger partial charge on any atom is 0.253 e. The number of nitrogens with one attached hydrogen (secondary N) is 1. The number of carbonyl (C=O) groups is 3. The molecule has 1 aliphatic heterocycles. The molecule has 3 rings (SSSR count). The highest BCUT2D eigenvalue weighted by Gasteiger charge is 2.21. The van der Waals surface area contributed by atoms with Gasteiger partial charge >= 0.3 is 0 Å². The zero-order valence-electron chi connectivity index (χ0n) is 14.4. The molecule has 0 spiro atoms. The molecule has 1 N–H and O–H groups in total. The highest BCUT2D eigenvalue weighted by Crippen LogP contribution is 2.10. The molecule has 6 nitrogen and oxygen atoms in total. The Morgan fingerprint density at radius 2 is 1.50 bits per heavy atom. The smallest absolute Gasteiger partial charge is 0.253 e. The predicted octanol–water partition coefficient (Wildman–Crippen LogP) is 1.53. The number of nitrogens with zero attached hydrogens (tertiary/aromatic N) is 2. The lowest BCUT2D eigenvalue weighted by molar-refractivity contribution is -0.119. The van der Waals surface area contributed by atoms with E-state index in [9.17, 15) is 14.4 Å². The van der Waals surface area contributed by atoms with E-state index in [0.717, 1.165) is 12.0 Å². The Labute approximate surface area is 152 Å². The maximum atomic E-state index is 12.5. The van der Waals surface area contributed by atoms with Gasteiger partial charge in [-0.1, -0.05) is 30.3 Å². The Morgan fingerprint density at radius 1 is 0.885 bits per heavy atom. The van der Waals surface area contributed by atoms with Gasteiger partial charge in [-0.2, -0.15) is 0 Å².